The molecule has 6 aromatic carbocycles. The minimum atomic E-state index is -5.08. The van der Waals surface area contributed by atoms with Gasteiger partial charge in [-0.3, -0.25) is 18.2 Å². The van der Waals surface area contributed by atoms with Gasteiger partial charge >= 0.3 is 0 Å². The Morgan fingerprint density at radius 2 is 0.931 bits per heavy atom. The summed E-state index contributed by atoms with van der Waals surface area (Å²) in [6, 6.07) is 14.8. The minimum Gasteiger partial charge on any atom is -0.505 e. The van der Waals surface area contributed by atoms with Gasteiger partial charge in [-0.1, -0.05) is 12.1 Å². The molecule has 6 rings (SSSR count). The van der Waals surface area contributed by atoms with Crippen LogP contribution >= 0.6 is 0 Å². The predicted octanol–water partition coefficient (Wildman–Crippen LogP) is 6.67. The van der Waals surface area contributed by atoms with Crippen LogP contribution < -0.4 is 11.5 Å². The van der Waals surface area contributed by atoms with Crippen molar-refractivity contribution in [1.29, 1.82) is 0 Å². The van der Waals surface area contributed by atoms with Crippen molar-refractivity contribution in [3.05, 3.63) is 83.9 Å². The van der Waals surface area contributed by atoms with Crippen LogP contribution in [0.3, 0.4) is 0 Å². The lowest BCUT2D eigenvalue weighted by molar-refractivity contribution is 0.471. The Morgan fingerprint density at radius 3 is 1.38 bits per heavy atom. The van der Waals surface area contributed by atoms with Gasteiger partial charge in [0.1, 0.15) is 26.1 Å². The Labute approximate surface area is 328 Å². The third kappa shape index (κ3) is 8.02. The largest absolute Gasteiger partial charge is 0.505 e. The van der Waals surface area contributed by atoms with E-state index in [2.05, 4.69) is 20.5 Å². The third-order valence-electron chi connectivity index (χ3n) is 8.71. The summed E-state index contributed by atoms with van der Waals surface area (Å²) in [5, 5.41) is 37.0. The van der Waals surface area contributed by atoms with Crippen LogP contribution in [0, 0.1) is 13.8 Å². The molecule has 58 heavy (non-hydrogen) atoms. The highest BCUT2D eigenvalue weighted by Gasteiger charge is 2.26. The van der Waals surface area contributed by atoms with E-state index in [1.54, 1.807) is 38.1 Å². The fraction of sp³-hybridized carbons (Fsp3) is 0.0588. The average Bonchev–Trinajstić information content (AvgIpc) is 3.09. The van der Waals surface area contributed by atoms with Crippen LogP contribution in [0.15, 0.2) is 113 Å². The van der Waals surface area contributed by atoms with Crippen molar-refractivity contribution in [2.24, 2.45) is 20.5 Å². The monoisotopic (exact) mass is 872 g/mol. The fourth-order valence-corrected chi connectivity index (χ4v) is 8.44. The van der Waals surface area contributed by atoms with E-state index in [4.69, 9.17) is 11.5 Å². The fourth-order valence-electron chi connectivity index (χ4n) is 5.94. The van der Waals surface area contributed by atoms with Crippen LogP contribution in [0.2, 0.25) is 0 Å². The molecule has 0 saturated carbocycles. The maximum atomic E-state index is 12.3. The molecule has 0 amide bonds. The smallest absolute Gasteiger partial charge is 0.296 e. The van der Waals surface area contributed by atoms with Gasteiger partial charge in [0, 0.05) is 16.5 Å². The molecule has 0 aliphatic heterocycles. The average molecular weight is 873 g/mol. The number of hydrogen-bond acceptors (Lipinski definition) is 16. The molecule has 0 unspecified atom stereocenters. The maximum absolute atomic E-state index is 12.3. The van der Waals surface area contributed by atoms with E-state index in [1.807, 2.05) is 0 Å². The van der Waals surface area contributed by atoms with Crippen molar-refractivity contribution >= 4 is 96.1 Å². The van der Waals surface area contributed by atoms with Gasteiger partial charge in [0.25, 0.3) is 40.5 Å². The predicted molar refractivity (Wildman–Crippen MR) is 209 cm³/mol. The summed E-state index contributed by atoms with van der Waals surface area (Å²) in [5.74, 6) is -1.66. The van der Waals surface area contributed by atoms with Gasteiger partial charge in [-0.05, 0) is 108 Å². The molecule has 0 aliphatic carbocycles. The zero-order chi connectivity index (χ0) is 42.9. The third-order valence-corrected chi connectivity index (χ3v) is 12.2. The van der Waals surface area contributed by atoms with Gasteiger partial charge in [0.2, 0.25) is 0 Å². The molecule has 0 spiro atoms. The van der Waals surface area contributed by atoms with E-state index < -0.39 is 88.6 Å². The number of aryl methyl sites for hydroxylation is 2. The van der Waals surface area contributed by atoms with Crippen LogP contribution in [0.1, 0.15) is 11.1 Å². The zero-order valence-corrected chi connectivity index (χ0v) is 32.7. The summed E-state index contributed by atoms with van der Waals surface area (Å²) in [6.45, 7) is 3.29. The van der Waals surface area contributed by atoms with Crippen molar-refractivity contribution in [2.75, 3.05) is 11.5 Å². The van der Waals surface area contributed by atoms with Crippen molar-refractivity contribution in [2.45, 2.75) is 33.4 Å². The highest BCUT2D eigenvalue weighted by Crippen LogP contribution is 2.46. The quantitative estimate of drug-likeness (QED) is 0.0427. The molecular weight excluding hydrogens is 845 g/mol. The first-order valence-electron chi connectivity index (χ1n) is 15.9. The molecule has 0 saturated heterocycles. The van der Waals surface area contributed by atoms with Crippen LogP contribution in [0.25, 0.3) is 32.7 Å². The highest BCUT2D eigenvalue weighted by molar-refractivity contribution is 7.86. The number of anilines is 2. The molecule has 0 heterocycles. The number of azo groups is 2. The van der Waals surface area contributed by atoms with Gasteiger partial charge in [0.15, 0.2) is 11.5 Å². The number of phenols is 2. The minimum absolute atomic E-state index is 0.161. The maximum Gasteiger partial charge on any atom is 0.296 e. The second kappa shape index (κ2) is 14.4. The molecule has 302 valence electrons. The topological polar surface area (TPSA) is 359 Å². The van der Waals surface area contributed by atoms with Crippen molar-refractivity contribution in [1.82, 2.24) is 0 Å². The van der Waals surface area contributed by atoms with Crippen LogP contribution in [0.4, 0.5) is 34.1 Å². The molecule has 10 N–H and O–H groups in total. The summed E-state index contributed by atoms with van der Waals surface area (Å²) in [6.07, 6.45) is 0. The summed E-state index contributed by atoms with van der Waals surface area (Å²) in [4.78, 5) is -3.30. The molecule has 0 aliphatic rings. The molecule has 0 aromatic heterocycles. The van der Waals surface area contributed by atoms with E-state index in [-0.39, 0.29) is 38.6 Å². The van der Waals surface area contributed by atoms with Crippen LogP contribution in [-0.4, -0.2) is 62.1 Å². The number of hydrogen-bond donors (Lipinski definition) is 8. The number of phenolic OH excluding ortho intramolecular Hbond substituents is 2. The van der Waals surface area contributed by atoms with Gasteiger partial charge in [0.05, 0.1) is 22.0 Å². The normalized spacial score (nSPS) is 13.0. The molecule has 0 bridgehead atoms. The Bertz CT molecular complexity index is 3300. The Kier molecular flexibility index (Phi) is 10.3. The first kappa shape index (κ1) is 41.5. The SMILES string of the molecule is Cc1cc(-c2ccc(N=Nc3c(S(=O)(=O)O)cc4cc(S(=O)(=O)O)cc(N)c4c3O)c(C)c2)ccc1N=Nc1c(S(=O)(=O)O)cc2cc(S(=O)(=O)O)c(N)cc2c1O. The lowest BCUT2D eigenvalue weighted by Gasteiger charge is -2.12. The van der Waals surface area contributed by atoms with Crippen LogP contribution in [0.5, 0.6) is 11.5 Å². The number of rotatable bonds is 9. The van der Waals surface area contributed by atoms with Gasteiger partial charge in [-0.15, -0.1) is 10.2 Å². The highest BCUT2D eigenvalue weighted by atomic mass is 32.2. The second-order valence-electron chi connectivity index (χ2n) is 12.7. The van der Waals surface area contributed by atoms with Gasteiger partial charge < -0.3 is 21.7 Å². The Hall–Kier alpha value is -6.12. The number of aromatic hydroxyl groups is 2. The standard InChI is InChI=1S/C34H28N6O14S4/c1-15-7-17(3-5-25(15)37-39-31-28(57(49,50)51)11-19-10-27(56(46,47)48)23(35)14-22(19)33(31)41)18-4-6-26(16(2)8-18)38-40-32-29(58(52,53)54)12-20-9-21(55(43,44)45)13-24(36)30(20)34(32)42/h3-14,41-42H,35-36H2,1-2H3,(H,43,44,45)(H,46,47,48)(H,49,50,51)(H,52,53,54). The lowest BCUT2D eigenvalue weighted by Crippen LogP contribution is -2.04. The first-order chi connectivity index (χ1) is 26.8. The molecule has 0 atom stereocenters. The van der Waals surface area contributed by atoms with E-state index in [0.717, 1.165) is 36.4 Å². The number of benzene rings is 6. The summed E-state index contributed by atoms with van der Waals surface area (Å²) in [5.41, 5.74) is 12.1. The first-order valence-corrected chi connectivity index (χ1v) is 21.6. The van der Waals surface area contributed by atoms with Crippen molar-refractivity contribution in [3.63, 3.8) is 0 Å². The van der Waals surface area contributed by atoms with Gasteiger partial charge in [-0.25, -0.2) is 0 Å². The molecular formula is C34H28N6O14S4. The molecule has 0 radical (unpaired) electrons. The number of nitrogen functional groups attached to an aromatic ring is 2. The van der Waals surface area contributed by atoms with Crippen molar-refractivity contribution < 1.29 is 62.1 Å². The Morgan fingerprint density at radius 1 is 0.483 bits per heavy atom. The van der Waals surface area contributed by atoms with E-state index >= 15 is 0 Å². The molecule has 6 aromatic rings. The molecule has 24 heteroatoms. The number of fused-ring (bicyclic) bond motifs is 2. The molecule has 0 fully saturated rings. The zero-order valence-electron chi connectivity index (χ0n) is 29.5. The number of nitrogens with two attached hydrogens (primary N) is 2. The molecule has 20 nitrogen and oxygen atoms in total. The van der Waals surface area contributed by atoms with Gasteiger partial charge in [-0.2, -0.15) is 43.9 Å². The van der Waals surface area contributed by atoms with Crippen LogP contribution in [-0.2, 0) is 40.5 Å². The van der Waals surface area contributed by atoms with E-state index in [1.165, 1.54) is 12.1 Å². The summed E-state index contributed by atoms with van der Waals surface area (Å²) >= 11 is 0. The number of nitrogens with zero attached hydrogens (tertiary/aromatic N) is 4. The summed E-state index contributed by atoms with van der Waals surface area (Å²) < 4.78 is 135. The van der Waals surface area contributed by atoms with E-state index in [0.29, 0.717) is 22.3 Å². The Balaban J connectivity index is 1.33. The second-order valence-corrected chi connectivity index (χ2v) is 18.3. The van der Waals surface area contributed by atoms with Crippen molar-refractivity contribution in [3.8, 4) is 22.6 Å². The van der Waals surface area contributed by atoms with E-state index in [9.17, 15) is 62.1 Å². The summed E-state index contributed by atoms with van der Waals surface area (Å²) in [7, 11) is -19.8. The lowest BCUT2D eigenvalue weighted by atomic mass is 10.0.